The first-order chi connectivity index (χ1) is 12.1. The van der Waals surface area contributed by atoms with Crippen molar-refractivity contribution in [2.75, 3.05) is 49.3 Å². The molecule has 0 saturated carbocycles. The Labute approximate surface area is 147 Å². The molecule has 134 valence electrons. The van der Waals surface area contributed by atoms with E-state index in [9.17, 15) is 5.11 Å². The van der Waals surface area contributed by atoms with Crippen LogP contribution in [0.2, 0.25) is 0 Å². The first-order valence-electron chi connectivity index (χ1n) is 8.83. The fourth-order valence-electron chi connectivity index (χ4n) is 3.60. The molecule has 2 fully saturated rings. The Morgan fingerprint density at radius 2 is 1.68 bits per heavy atom. The summed E-state index contributed by atoms with van der Waals surface area (Å²) in [5.41, 5.74) is 1.67. The zero-order valence-electron chi connectivity index (χ0n) is 14.7. The summed E-state index contributed by atoms with van der Waals surface area (Å²) in [5, 5.41) is 10.8. The van der Waals surface area contributed by atoms with Gasteiger partial charge in [0.25, 0.3) is 0 Å². The summed E-state index contributed by atoms with van der Waals surface area (Å²) >= 11 is 0. The number of pyridine rings is 2. The molecule has 0 bridgehead atoms. The zero-order valence-corrected chi connectivity index (χ0v) is 14.7. The number of fused-ring (bicyclic) bond motifs is 1. The monoisotopic (exact) mass is 344 g/mol. The predicted molar refractivity (Wildman–Crippen MR) is 96.5 cm³/mol. The highest BCUT2D eigenvalue weighted by molar-refractivity contribution is 5.92. The third kappa shape index (κ3) is 3.09. The van der Waals surface area contributed by atoms with E-state index >= 15 is 0 Å². The highest BCUT2D eigenvalue weighted by Crippen LogP contribution is 2.33. The number of anilines is 2. The van der Waals surface area contributed by atoms with Crippen LogP contribution in [0, 0.1) is 0 Å². The van der Waals surface area contributed by atoms with Crippen molar-refractivity contribution in [1.82, 2.24) is 9.97 Å². The largest absolute Gasteiger partial charge is 0.493 e. The Hall–Kier alpha value is -2.12. The molecule has 0 radical (unpaired) electrons. The van der Waals surface area contributed by atoms with Gasteiger partial charge >= 0.3 is 0 Å². The van der Waals surface area contributed by atoms with Crippen molar-refractivity contribution >= 4 is 22.5 Å². The van der Waals surface area contributed by atoms with E-state index in [4.69, 9.17) is 14.5 Å². The molecular formula is C18H24N4O3. The summed E-state index contributed by atoms with van der Waals surface area (Å²) in [6.45, 7) is 8.74. The van der Waals surface area contributed by atoms with Crippen LogP contribution in [-0.2, 0) is 9.47 Å². The lowest BCUT2D eigenvalue weighted by molar-refractivity contribution is 0.0981. The van der Waals surface area contributed by atoms with E-state index in [0.717, 1.165) is 30.0 Å². The summed E-state index contributed by atoms with van der Waals surface area (Å²) in [7, 11) is 0. The molecule has 2 aromatic rings. The molecule has 0 spiro atoms. The van der Waals surface area contributed by atoms with Gasteiger partial charge in [-0.1, -0.05) is 0 Å². The van der Waals surface area contributed by atoms with Gasteiger partial charge in [0.2, 0.25) is 5.88 Å². The lowest BCUT2D eigenvalue weighted by Gasteiger charge is -2.38. The molecule has 1 N–H and O–H groups in total. The zero-order chi connectivity index (χ0) is 17.4. The van der Waals surface area contributed by atoms with Crippen LogP contribution in [-0.4, -0.2) is 66.7 Å². The van der Waals surface area contributed by atoms with Crippen molar-refractivity contribution in [2.45, 2.75) is 25.9 Å². The minimum Gasteiger partial charge on any atom is -0.493 e. The average Bonchev–Trinajstić information content (AvgIpc) is 2.61. The van der Waals surface area contributed by atoms with E-state index in [1.807, 2.05) is 6.07 Å². The van der Waals surface area contributed by atoms with Crippen LogP contribution in [0.5, 0.6) is 5.88 Å². The second kappa shape index (κ2) is 6.65. The van der Waals surface area contributed by atoms with Crippen LogP contribution in [0.4, 0.5) is 11.5 Å². The third-order valence-corrected chi connectivity index (χ3v) is 4.96. The Kier molecular flexibility index (Phi) is 4.35. The third-order valence-electron chi connectivity index (χ3n) is 4.96. The molecule has 4 rings (SSSR count). The number of hydrogen-bond donors (Lipinski definition) is 1. The second-order valence-electron chi connectivity index (χ2n) is 6.77. The van der Waals surface area contributed by atoms with Crippen molar-refractivity contribution in [3.05, 3.63) is 18.2 Å². The van der Waals surface area contributed by atoms with Crippen molar-refractivity contribution in [2.24, 2.45) is 0 Å². The fourth-order valence-corrected chi connectivity index (χ4v) is 3.60. The molecular weight excluding hydrogens is 320 g/mol. The van der Waals surface area contributed by atoms with E-state index in [0.29, 0.717) is 32.1 Å². The second-order valence-corrected chi connectivity index (χ2v) is 6.77. The minimum absolute atomic E-state index is 0.00634. The van der Waals surface area contributed by atoms with Crippen molar-refractivity contribution in [3.63, 3.8) is 0 Å². The number of rotatable bonds is 2. The molecule has 2 atom stereocenters. The molecule has 25 heavy (non-hydrogen) atoms. The lowest BCUT2D eigenvalue weighted by atomic mass is 10.1. The van der Waals surface area contributed by atoms with Crippen molar-refractivity contribution in [3.8, 4) is 5.88 Å². The van der Waals surface area contributed by atoms with Crippen molar-refractivity contribution in [1.29, 1.82) is 0 Å². The van der Waals surface area contributed by atoms with E-state index in [2.05, 4.69) is 34.7 Å². The highest BCUT2D eigenvalue weighted by atomic mass is 16.5. The van der Waals surface area contributed by atoms with Crippen LogP contribution < -0.4 is 9.80 Å². The normalized spacial score (nSPS) is 24.7. The lowest BCUT2D eigenvalue weighted by Crippen LogP contribution is -2.45. The van der Waals surface area contributed by atoms with Gasteiger partial charge < -0.3 is 24.4 Å². The van der Waals surface area contributed by atoms with Gasteiger partial charge in [0.05, 0.1) is 38.2 Å². The number of hydrogen-bond acceptors (Lipinski definition) is 7. The predicted octanol–water partition coefficient (Wildman–Crippen LogP) is 1.79. The van der Waals surface area contributed by atoms with Gasteiger partial charge in [-0.2, -0.15) is 4.98 Å². The maximum Gasteiger partial charge on any atom is 0.212 e. The summed E-state index contributed by atoms with van der Waals surface area (Å²) in [6.07, 6.45) is 0. The number of nitrogens with zero attached hydrogens (tertiary/aromatic N) is 4. The van der Waals surface area contributed by atoms with Crippen LogP contribution in [0.1, 0.15) is 13.8 Å². The summed E-state index contributed by atoms with van der Waals surface area (Å²) in [4.78, 5) is 13.6. The molecule has 4 heterocycles. The molecule has 2 aromatic heterocycles. The first-order valence-corrected chi connectivity index (χ1v) is 8.83. The molecule has 2 saturated heterocycles. The molecule has 0 aromatic carbocycles. The van der Waals surface area contributed by atoms with Crippen LogP contribution in [0.25, 0.3) is 11.0 Å². The smallest absolute Gasteiger partial charge is 0.212 e. The highest BCUT2D eigenvalue weighted by Gasteiger charge is 2.26. The molecule has 7 heteroatoms. The van der Waals surface area contributed by atoms with Gasteiger partial charge in [0.1, 0.15) is 5.82 Å². The molecule has 2 aliphatic rings. The van der Waals surface area contributed by atoms with Gasteiger partial charge in [0, 0.05) is 36.7 Å². The topological polar surface area (TPSA) is 71.0 Å². The molecule has 7 nitrogen and oxygen atoms in total. The van der Waals surface area contributed by atoms with Gasteiger partial charge in [-0.05, 0) is 19.9 Å². The fraction of sp³-hybridized carbons (Fsp3) is 0.556. The van der Waals surface area contributed by atoms with Gasteiger partial charge in [-0.15, -0.1) is 0 Å². The number of aromatic hydroxyl groups is 1. The van der Waals surface area contributed by atoms with E-state index in [-0.39, 0.29) is 18.0 Å². The standard InChI is InChI=1S/C18H24N4O3/c1-12-10-24-7-5-21(12)15-9-16(22-6-8-25-11-13(22)2)19-18-14(15)3-4-17(23)20-18/h3-4,9,12-13H,5-8,10-11H2,1-2H3,(H,19,20,23). The average molecular weight is 344 g/mol. The van der Waals surface area contributed by atoms with Gasteiger partial charge in [-0.25, -0.2) is 4.98 Å². The van der Waals surface area contributed by atoms with E-state index < -0.39 is 0 Å². The van der Waals surface area contributed by atoms with E-state index in [1.54, 1.807) is 6.07 Å². The Balaban J connectivity index is 1.84. The van der Waals surface area contributed by atoms with Crippen LogP contribution in [0.3, 0.4) is 0 Å². The van der Waals surface area contributed by atoms with E-state index in [1.165, 1.54) is 0 Å². The summed E-state index contributed by atoms with van der Waals surface area (Å²) in [5.74, 6) is 0.878. The summed E-state index contributed by atoms with van der Waals surface area (Å²) in [6, 6.07) is 6.20. The Morgan fingerprint density at radius 3 is 2.36 bits per heavy atom. The minimum atomic E-state index is -0.00634. The number of ether oxygens (including phenoxy) is 2. The Bertz CT molecular complexity index is 769. The molecule has 2 aliphatic heterocycles. The Morgan fingerprint density at radius 1 is 1.00 bits per heavy atom. The summed E-state index contributed by atoms with van der Waals surface area (Å²) < 4.78 is 11.1. The van der Waals surface area contributed by atoms with Gasteiger partial charge in [-0.3, -0.25) is 0 Å². The number of aromatic nitrogens is 2. The van der Waals surface area contributed by atoms with Crippen molar-refractivity contribution < 1.29 is 14.6 Å². The number of morpholine rings is 2. The SMILES string of the molecule is CC1COCCN1c1cc(N2CCOCC2C)c2ccc(O)nc2n1. The maximum atomic E-state index is 9.82. The molecule has 2 unspecified atom stereocenters. The van der Waals surface area contributed by atoms with Crippen LogP contribution in [0.15, 0.2) is 18.2 Å². The maximum absolute atomic E-state index is 9.82. The quantitative estimate of drug-likeness (QED) is 0.890. The molecule has 0 aliphatic carbocycles. The first kappa shape index (κ1) is 16.4. The van der Waals surface area contributed by atoms with Gasteiger partial charge in [0.15, 0.2) is 5.65 Å². The molecule has 0 amide bonds. The van der Waals surface area contributed by atoms with Crippen LogP contribution >= 0.6 is 0 Å².